The number of likely N-dealkylation sites (N-methyl/N-ethyl adjacent to an activating group) is 1. The molecule has 1 atom stereocenters. The quantitative estimate of drug-likeness (QED) is 0.940. The molecular weight excluding hydrogens is 309 g/mol. The molecule has 0 saturated heterocycles. The summed E-state index contributed by atoms with van der Waals surface area (Å²) in [6.45, 7) is 0.0618. The van der Waals surface area contributed by atoms with Crippen molar-refractivity contribution in [1.82, 2.24) is 10.2 Å². The molecule has 0 aromatic heterocycles. The minimum Gasteiger partial charge on any atom is -0.358 e. The lowest BCUT2D eigenvalue weighted by atomic mass is 10.0. The number of amides is 2. The number of nitrogens with zero attached hydrogens (tertiary/aromatic N) is 2. The Balaban J connectivity index is 2.14. The molecule has 1 heterocycles. The predicted molar refractivity (Wildman–Crippen MR) is 89.1 cm³/mol. The largest absolute Gasteiger partial charge is 0.358 e. The van der Waals surface area contributed by atoms with Gasteiger partial charge in [0.15, 0.2) is 0 Å². The lowest BCUT2D eigenvalue weighted by molar-refractivity contribution is -0.119. The van der Waals surface area contributed by atoms with Crippen LogP contribution in [0.3, 0.4) is 0 Å². The standard InChI is InChI=1S/C18H18FN3O2/c1-20-16(23)11-22-15-9-4-3-8-14(15)18(24)21(2)17(22)12-6-5-7-13(19)10-12/h3-10,17H,11H2,1-2H3,(H,20,23)/t17-/m0/s1. The third-order valence-corrected chi connectivity index (χ3v) is 4.17. The molecule has 0 aliphatic carbocycles. The molecule has 1 aliphatic heterocycles. The highest BCUT2D eigenvalue weighted by Crippen LogP contribution is 2.37. The highest BCUT2D eigenvalue weighted by molar-refractivity contribution is 6.02. The SMILES string of the molecule is CNC(=O)CN1c2ccccc2C(=O)N(C)[C@@H]1c1cccc(F)c1. The lowest BCUT2D eigenvalue weighted by Gasteiger charge is -2.43. The van der Waals surface area contributed by atoms with Crippen molar-refractivity contribution in [3.8, 4) is 0 Å². The predicted octanol–water partition coefficient (Wildman–Crippen LogP) is 2.16. The van der Waals surface area contributed by atoms with E-state index in [9.17, 15) is 14.0 Å². The van der Waals surface area contributed by atoms with Gasteiger partial charge in [0.2, 0.25) is 5.91 Å². The van der Waals surface area contributed by atoms with E-state index in [1.165, 1.54) is 17.0 Å². The van der Waals surface area contributed by atoms with Crippen molar-refractivity contribution in [2.75, 3.05) is 25.5 Å². The molecule has 1 aliphatic rings. The topological polar surface area (TPSA) is 52.7 Å². The first-order valence-corrected chi connectivity index (χ1v) is 7.62. The van der Waals surface area contributed by atoms with E-state index in [2.05, 4.69) is 5.32 Å². The number of nitrogens with one attached hydrogen (secondary N) is 1. The van der Waals surface area contributed by atoms with Crippen LogP contribution >= 0.6 is 0 Å². The second-order valence-corrected chi connectivity index (χ2v) is 5.66. The molecule has 0 bridgehead atoms. The maximum absolute atomic E-state index is 13.7. The smallest absolute Gasteiger partial charge is 0.257 e. The van der Waals surface area contributed by atoms with Crippen LogP contribution in [0.25, 0.3) is 0 Å². The second-order valence-electron chi connectivity index (χ2n) is 5.66. The Morgan fingerprint density at radius 3 is 2.67 bits per heavy atom. The summed E-state index contributed by atoms with van der Waals surface area (Å²) in [5.74, 6) is -0.728. The van der Waals surface area contributed by atoms with Gasteiger partial charge in [-0.05, 0) is 29.8 Å². The maximum atomic E-state index is 13.7. The fourth-order valence-corrected chi connectivity index (χ4v) is 3.02. The van der Waals surface area contributed by atoms with Crippen LogP contribution in [0.5, 0.6) is 0 Å². The van der Waals surface area contributed by atoms with E-state index in [0.29, 0.717) is 16.8 Å². The first-order valence-electron chi connectivity index (χ1n) is 7.62. The first kappa shape index (κ1) is 16.0. The van der Waals surface area contributed by atoms with Gasteiger partial charge in [-0.15, -0.1) is 0 Å². The van der Waals surface area contributed by atoms with E-state index in [4.69, 9.17) is 0 Å². The summed E-state index contributed by atoms with van der Waals surface area (Å²) < 4.78 is 13.7. The summed E-state index contributed by atoms with van der Waals surface area (Å²) in [5, 5.41) is 2.59. The van der Waals surface area contributed by atoms with Crippen LogP contribution in [0.15, 0.2) is 48.5 Å². The van der Waals surface area contributed by atoms with Gasteiger partial charge in [-0.3, -0.25) is 9.59 Å². The third-order valence-electron chi connectivity index (χ3n) is 4.17. The third kappa shape index (κ3) is 2.71. The Morgan fingerprint density at radius 1 is 1.21 bits per heavy atom. The summed E-state index contributed by atoms with van der Waals surface area (Å²) in [6, 6.07) is 13.2. The van der Waals surface area contributed by atoms with Crippen molar-refractivity contribution >= 4 is 17.5 Å². The number of fused-ring (bicyclic) bond motifs is 1. The zero-order valence-corrected chi connectivity index (χ0v) is 13.5. The fourth-order valence-electron chi connectivity index (χ4n) is 3.02. The molecule has 2 aromatic rings. The van der Waals surface area contributed by atoms with Gasteiger partial charge in [-0.1, -0.05) is 24.3 Å². The van der Waals surface area contributed by atoms with Gasteiger partial charge in [0.25, 0.3) is 5.91 Å². The molecule has 0 fully saturated rings. The summed E-state index contributed by atoms with van der Waals surface area (Å²) in [4.78, 5) is 28.0. The Bertz CT molecular complexity index is 793. The van der Waals surface area contributed by atoms with E-state index in [1.54, 1.807) is 44.4 Å². The molecule has 24 heavy (non-hydrogen) atoms. The number of para-hydroxylation sites is 1. The van der Waals surface area contributed by atoms with Crippen LogP contribution < -0.4 is 10.2 Å². The molecule has 124 valence electrons. The lowest BCUT2D eigenvalue weighted by Crippen LogP contribution is -2.50. The molecule has 2 amide bonds. The Kier molecular flexibility index (Phi) is 4.20. The molecule has 3 rings (SSSR count). The van der Waals surface area contributed by atoms with Gasteiger partial charge in [-0.25, -0.2) is 4.39 Å². The molecule has 6 heteroatoms. The van der Waals surface area contributed by atoms with Crippen LogP contribution in [0.1, 0.15) is 22.1 Å². The van der Waals surface area contributed by atoms with Crippen LogP contribution in [-0.2, 0) is 4.79 Å². The van der Waals surface area contributed by atoms with Crippen molar-refractivity contribution in [2.45, 2.75) is 6.17 Å². The van der Waals surface area contributed by atoms with E-state index in [-0.39, 0.29) is 24.2 Å². The molecule has 2 aromatic carbocycles. The highest BCUT2D eigenvalue weighted by atomic mass is 19.1. The van der Waals surface area contributed by atoms with Gasteiger partial charge in [0.05, 0.1) is 17.8 Å². The average molecular weight is 327 g/mol. The van der Waals surface area contributed by atoms with Crippen molar-refractivity contribution < 1.29 is 14.0 Å². The van der Waals surface area contributed by atoms with E-state index in [0.717, 1.165) is 0 Å². The molecule has 0 spiro atoms. The average Bonchev–Trinajstić information content (AvgIpc) is 2.59. The summed E-state index contributed by atoms with van der Waals surface area (Å²) in [7, 11) is 3.22. The number of hydrogen-bond donors (Lipinski definition) is 1. The molecule has 0 radical (unpaired) electrons. The zero-order valence-electron chi connectivity index (χ0n) is 13.5. The van der Waals surface area contributed by atoms with Crippen molar-refractivity contribution in [3.05, 3.63) is 65.5 Å². The maximum Gasteiger partial charge on any atom is 0.257 e. The van der Waals surface area contributed by atoms with Crippen LogP contribution in [0.2, 0.25) is 0 Å². The summed E-state index contributed by atoms with van der Waals surface area (Å²) >= 11 is 0. The molecule has 0 unspecified atom stereocenters. The Labute approximate surface area is 139 Å². The van der Waals surface area contributed by atoms with Gasteiger partial charge in [-0.2, -0.15) is 0 Å². The molecule has 0 saturated carbocycles. The summed E-state index contributed by atoms with van der Waals surface area (Å²) in [6.07, 6.45) is -0.555. The van der Waals surface area contributed by atoms with Crippen molar-refractivity contribution in [3.63, 3.8) is 0 Å². The van der Waals surface area contributed by atoms with Crippen LogP contribution in [0, 0.1) is 5.82 Å². The molecular formula is C18H18FN3O2. The molecule has 5 nitrogen and oxygen atoms in total. The normalized spacial score (nSPS) is 16.8. The number of carbonyl (C=O) groups is 2. The van der Waals surface area contributed by atoms with Crippen LogP contribution in [0.4, 0.5) is 10.1 Å². The van der Waals surface area contributed by atoms with Gasteiger partial charge in [0.1, 0.15) is 12.0 Å². The van der Waals surface area contributed by atoms with Gasteiger partial charge >= 0.3 is 0 Å². The number of carbonyl (C=O) groups excluding carboxylic acids is 2. The zero-order chi connectivity index (χ0) is 17.3. The Morgan fingerprint density at radius 2 is 1.96 bits per heavy atom. The highest BCUT2D eigenvalue weighted by Gasteiger charge is 2.37. The fraction of sp³-hybridized carbons (Fsp3) is 0.222. The van der Waals surface area contributed by atoms with Crippen molar-refractivity contribution in [2.24, 2.45) is 0 Å². The van der Waals surface area contributed by atoms with E-state index < -0.39 is 6.17 Å². The van der Waals surface area contributed by atoms with E-state index in [1.807, 2.05) is 11.0 Å². The minimum absolute atomic E-state index is 0.0618. The minimum atomic E-state index is -0.555. The van der Waals surface area contributed by atoms with Crippen LogP contribution in [-0.4, -0.2) is 37.4 Å². The first-order chi connectivity index (χ1) is 11.5. The van der Waals surface area contributed by atoms with Gasteiger partial charge < -0.3 is 15.1 Å². The molecule has 1 N–H and O–H groups in total. The Hall–Kier alpha value is -2.89. The monoisotopic (exact) mass is 327 g/mol. The number of halogens is 1. The van der Waals surface area contributed by atoms with Gasteiger partial charge in [0, 0.05) is 14.1 Å². The second kappa shape index (κ2) is 6.31. The number of benzene rings is 2. The number of hydrogen-bond acceptors (Lipinski definition) is 3. The number of anilines is 1. The van der Waals surface area contributed by atoms with Crippen molar-refractivity contribution in [1.29, 1.82) is 0 Å². The number of rotatable bonds is 3. The summed E-state index contributed by atoms with van der Waals surface area (Å²) in [5.41, 5.74) is 1.80. The van der Waals surface area contributed by atoms with E-state index >= 15 is 0 Å².